The van der Waals surface area contributed by atoms with E-state index in [0.717, 1.165) is 0 Å². The average molecular weight is 483 g/mol. The van der Waals surface area contributed by atoms with Crippen LogP contribution in [0.15, 0.2) is 73.9 Å². The summed E-state index contributed by atoms with van der Waals surface area (Å²) in [5, 5.41) is 0.582. The van der Waals surface area contributed by atoms with E-state index in [4.69, 9.17) is 0 Å². The van der Waals surface area contributed by atoms with Crippen LogP contribution in [0.4, 0.5) is 0 Å². The van der Waals surface area contributed by atoms with Crippen molar-refractivity contribution in [2.24, 2.45) is 7.05 Å². The molecule has 0 aliphatic carbocycles. The Morgan fingerprint density at radius 2 is 1.23 bits per heavy atom. The smallest absolute Gasteiger partial charge is 0.296 e. The zero-order valence-corrected chi connectivity index (χ0v) is 22.3. The van der Waals surface area contributed by atoms with Gasteiger partial charge in [0.15, 0.2) is 0 Å². The van der Waals surface area contributed by atoms with Crippen molar-refractivity contribution in [3.8, 4) is 0 Å². The van der Waals surface area contributed by atoms with Gasteiger partial charge in [0.05, 0.1) is 16.4 Å². The van der Waals surface area contributed by atoms with Crippen LogP contribution in [-0.2, 0) is 7.05 Å². The van der Waals surface area contributed by atoms with Gasteiger partial charge in [-0.05, 0) is 52.0 Å². The molecule has 0 aliphatic heterocycles. The van der Waals surface area contributed by atoms with Gasteiger partial charge in [-0.2, -0.15) is 0 Å². The second-order valence-electron chi connectivity index (χ2n) is 7.85. The lowest BCUT2D eigenvalue weighted by Gasteiger charge is -2.12. The summed E-state index contributed by atoms with van der Waals surface area (Å²) in [7, 11) is 1.68. The Labute approximate surface area is 205 Å². The third-order valence-corrected chi connectivity index (χ3v) is 5.05. The van der Waals surface area contributed by atoms with Gasteiger partial charge in [0.1, 0.15) is 0 Å². The molecule has 0 fully saturated rings. The Morgan fingerprint density at radius 1 is 0.686 bits per heavy atom. The van der Waals surface area contributed by atoms with Crippen LogP contribution < -0.4 is 22.5 Å². The molecule has 4 rings (SSSR count). The molecule has 1 aromatic carbocycles. The van der Waals surface area contributed by atoms with E-state index in [1.807, 2.05) is 61.5 Å². The van der Waals surface area contributed by atoms with Crippen LogP contribution in [0.3, 0.4) is 0 Å². The Bertz CT molecular complexity index is 1490. The maximum Gasteiger partial charge on any atom is 0.335 e. The van der Waals surface area contributed by atoms with E-state index in [2.05, 4.69) is 0 Å². The Balaban J connectivity index is 0.000000307. The number of hydrogen-bond donors (Lipinski definition) is 0. The minimum absolute atomic E-state index is 0.123. The highest BCUT2D eigenvalue weighted by molar-refractivity contribution is 5.77. The summed E-state index contributed by atoms with van der Waals surface area (Å²) in [6.45, 7) is 15.3. The summed E-state index contributed by atoms with van der Waals surface area (Å²) >= 11 is 0. The number of aromatic nitrogens is 4. The van der Waals surface area contributed by atoms with Crippen molar-refractivity contribution < 1.29 is 0 Å². The third kappa shape index (κ3) is 6.26. The number of pyridine rings is 1. The average Bonchev–Trinajstić information content (AvgIpc) is 2.85. The second kappa shape index (κ2) is 13.3. The van der Waals surface area contributed by atoms with E-state index in [9.17, 15) is 19.2 Å². The maximum atomic E-state index is 12.1. The van der Waals surface area contributed by atoms with Crippen molar-refractivity contribution >= 4 is 16.4 Å². The third-order valence-electron chi connectivity index (χ3n) is 5.05. The van der Waals surface area contributed by atoms with Gasteiger partial charge in [0, 0.05) is 31.4 Å². The van der Waals surface area contributed by atoms with Crippen molar-refractivity contribution in [1.82, 2.24) is 18.1 Å². The summed E-state index contributed by atoms with van der Waals surface area (Å²) in [5.74, 6) is 0. The molecule has 0 spiro atoms. The zero-order chi connectivity index (χ0) is 26.9. The van der Waals surface area contributed by atoms with Crippen LogP contribution in [0.1, 0.15) is 67.5 Å². The highest BCUT2D eigenvalue weighted by atomic mass is 16.2. The lowest BCUT2D eigenvalue weighted by molar-refractivity contribution is 0.532. The van der Waals surface area contributed by atoms with Crippen LogP contribution in [0.5, 0.6) is 0 Å². The largest absolute Gasteiger partial charge is 0.335 e. The second-order valence-corrected chi connectivity index (χ2v) is 7.85. The Kier molecular flexibility index (Phi) is 11.1. The van der Waals surface area contributed by atoms with Crippen LogP contribution >= 0.6 is 0 Å². The van der Waals surface area contributed by atoms with Crippen LogP contribution in [0.25, 0.3) is 16.4 Å². The first-order chi connectivity index (χ1) is 16.6. The van der Waals surface area contributed by atoms with Crippen molar-refractivity contribution in [1.29, 1.82) is 0 Å². The summed E-state index contributed by atoms with van der Waals surface area (Å²) in [4.78, 5) is 47.6. The first kappa shape index (κ1) is 29.4. The van der Waals surface area contributed by atoms with Gasteiger partial charge in [-0.25, -0.2) is 9.59 Å². The number of nitrogens with zero attached hydrogens (tertiary/aromatic N) is 4. The Hall–Kier alpha value is -3.68. The minimum atomic E-state index is -0.284. The van der Waals surface area contributed by atoms with E-state index in [0.29, 0.717) is 16.4 Å². The molecule has 0 saturated heterocycles. The van der Waals surface area contributed by atoms with Crippen molar-refractivity contribution in [2.75, 3.05) is 0 Å². The fourth-order valence-electron chi connectivity index (χ4n) is 3.51. The van der Waals surface area contributed by atoms with Gasteiger partial charge in [0.2, 0.25) is 0 Å². The lowest BCUT2D eigenvalue weighted by atomic mass is 10.2. The molecule has 3 aromatic heterocycles. The topological polar surface area (TPSA) is 87.5 Å². The van der Waals surface area contributed by atoms with E-state index in [-0.39, 0.29) is 34.6 Å². The molecule has 0 saturated carbocycles. The van der Waals surface area contributed by atoms with E-state index in [1.54, 1.807) is 49.6 Å². The van der Waals surface area contributed by atoms with Crippen LogP contribution in [0, 0.1) is 0 Å². The quantitative estimate of drug-likeness (QED) is 0.424. The van der Waals surface area contributed by atoms with Crippen molar-refractivity contribution in [2.45, 2.75) is 67.5 Å². The number of benzene rings is 1. The molecule has 0 amide bonds. The lowest BCUT2D eigenvalue weighted by Crippen LogP contribution is -2.40. The summed E-state index contributed by atoms with van der Waals surface area (Å²) < 4.78 is 5.51. The molecule has 35 heavy (non-hydrogen) atoms. The molecule has 4 aromatic rings. The van der Waals surface area contributed by atoms with Gasteiger partial charge >= 0.3 is 11.4 Å². The van der Waals surface area contributed by atoms with Gasteiger partial charge < -0.3 is 0 Å². The molecule has 190 valence electrons. The first-order valence-corrected chi connectivity index (χ1v) is 12.1. The molecule has 8 heteroatoms. The Morgan fingerprint density at radius 3 is 1.80 bits per heavy atom. The predicted octanol–water partition coefficient (Wildman–Crippen LogP) is 4.38. The van der Waals surface area contributed by atoms with Crippen molar-refractivity contribution in [3.05, 3.63) is 96.4 Å². The summed E-state index contributed by atoms with van der Waals surface area (Å²) in [6, 6.07) is 13.7. The van der Waals surface area contributed by atoms with Gasteiger partial charge in [-0.3, -0.25) is 27.7 Å². The fraction of sp³-hybridized carbons (Fsp3) is 0.407. The molecule has 0 atom stereocenters. The molecule has 3 heterocycles. The van der Waals surface area contributed by atoms with Gasteiger partial charge in [-0.1, -0.05) is 45.9 Å². The number of para-hydroxylation sites is 1. The van der Waals surface area contributed by atoms with Gasteiger partial charge in [0.25, 0.3) is 11.1 Å². The molecule has 0 aliphatic rings. The SMILES string of the molecule is CC.CC.CC(C)n1c(=O)c2ccccc2n(C)c1=O.CC(C)n1c(=O)cc2ccccn2c1=O. The molecule has 0 N–H and O–H groups in total. The van der Waals surface area contributed by atoms with Gasteiger partial charge in [-0.15, -0.1) is 0 Å². The predicted molar refractivity (Wildman–Crippen MR) is 145 cm³/mol. The van der Waals surface area contributed by atoms with E-state index < -0.39 is 0 Å². The van der Waals surface area contributed by atoms with Crippen molar-refractivity contribution in [3.63, 3.8) is 0 Å². The molecular formula is C27H38N4O4. The number of hydrogen-bond acceptors (Lipinski definition) is 4. The zero-order valence-electron chi connectivity index (χ0n) is 22.3. The fourth-order valence-corrected chi connectivity index (χ4v) is 3.51. The molecule has 8 nitrogen and oxygen atoms in total. The number of aryl methyl sites for hydroxylation is 1. The minimum Gasteiger partial charge on any atom is -0.296 e. The standard InChI is InChI=1S/C12H14N2O2.C11H12N2O2.2C2H6/c1-8(2)14-11(15)9-6-4-5-7-10(9)13(3)12(14)16;1-8(2)13-10(14)7-9-5-3-4-6-12(9)11(13)15;2*1-2/h4-8H,1-3H3;3-8H,1-2H3;2*1-2H3. The monoisotopic (exact) mass is 482 g/mol. The molecule has 0 unspecified atom stereocenters. The molecule has 0 radical (unpaired) electrons. The first-order valence-electron chi connectivity index (χ1n) is 12.1. The van der Waals surface area contributed by atoms with Crippen LogP contribution in [-0.4, -0.2) is 18.1 Å². The molecular weight excluding hydrogens is 444 g/mol. The number of fused-ring (bicyclic) bond motifs is 2. The highest BCUT2D eigenvalue weighted by Gasteiger charge is 2.12. The normalized spacial score (nSPS) is 10.3. The highest BCUT2D eigenvalue weighted by Crippen LogP contribution is 2.07. The summed E-state index contributed by atoms with van der Waals surface area (Å²) in [6.07, 6.45) is 1.66. The van der Waals surface area contributed by atoms with E-state index >= 15 is 0 Å². The molecule has 0 bridgehead atoms. The van der Waals surface area contributed by atoms with E-state index in [1.165, 1.54) is 24.2 Å². The maximum absolute atomic E-state index is 12.1. The number of rotatable bonds is 2. The van der Waals surface area contributed by atoms with Crippen LogP contribution in [0.2, 0.25) is 0 Å². The summed E-state index contributed by atoms with van der Waals surface area (Å²) in [5.41, 5.74) is 0.292.